The lowest BCUT2D eigenvalue weighted by atomic mass is 10.2. The average Bonchev–Trinajstić information content (AvgIpc) is 2.33. The molecule has 1 heteroatoms. The first-order valence-corrected chi connectivity index (χ1v) is 5.35. The zero-order chi connectivity index (χ0) is 11.2. The summed E-state index contributed by atoms with van der Waals surface area (Å²) in [6.07, 6.45) is 3.47. The van der Waals surface area contributed by atoms with Gasteiger partial charge in [0, 0.05) is 5.56 Å². The molecule has 0 atom stereocenters. The third-order valence-corrected chi connectivity index (χ3v) is 1.44. The van der Waals surface area contributed by atoms with Crippen LogP contribution in [0.1, 0.15) is 50.9 Å². The van der Waals surface area contributed by atoms with Gasteiger partial charge in [-0.15, -0.1) is 0 Å². The molecule has 0 N–H and O–H groups in total. The second-order valence-corrected chi connectivity index (χ2v) is 2.53. The highest BCUT2D eigenvalue weighted by Crippen LogP contribution is 1.91. The van der Waals surface area contributed by atoms with E-state index in [0.717, 1.165) is 11.8 Å². The summed E-state index contributed by atoms with van der Waals surface area (Å²) in [5.74, 6) is 0. The van der Waals surface area contributed by atoms with Crippen LogP contribution in [0.25, 0.3) is 0 Å². The molecule has 0 radical (unpaired) electrons. The molecule has 0 saturated heterocycles. The lowest BCUT2D eigenvalue weighted by Gasteiger charge is -1.81. The van der Waals surface area contributed by atoms with Crippen molar-refractivity contribution in [2.24, 2.45) is 0 Å². The van der Waals surface area contributed by atoms with Crippen LogP contribution >= 0.6 is 0 Å². The van der Waals surface area contributed by atoms with Gasteiger partial charge in [0.1, 0.15) is 6.29 Å². The van der Waals surface area contributed by atoms with E-state index in [9.17, 15) is 4.79 Å². The van der Waals surface area contributed by atoms with Crippen molar-refractivity contribution in [1.29, 1.82) is 0 Å². The number of hydrogen-bond acceptors (Lipinski definition) is 1. The molecular formula is C13H22O. The van der Waals surface area contributed by atoms with Gasteiger partial charge in [-0.25, -0.2) is 0 Å². The van der Waals surface area contributed by atoms with Crippen molar-refractivity contribution in [1.82, 2.24) is 0 Å². The molecule has 0 aliphatic heterocycles. The van der Waals surface area contributed by atoms with Crippen molar-refractivity contribution in [2.75, 3.05) is 0 Å². The van der Waals surface area contributed by atoms with Gasteiger partial charge in [-0.3, -0.25) is 4.79 Å². The minimum Gasteiger partial charge on any atom is -0.298 e. The van der Waals surface area contributed by atoms with Crippen LogP contribution in [0.5, 0.6) is 0 Å². The van der Waals surface area contributed by atoms with Crippen LogP contribution in [0.3, 0.4) is 0 Å². The fourth-order valence-electron chi connectivity index (χ4n) is 0.532. The van der Waals surface area contributed by atoms with Crippen molar-refractivity contribution in [3.05, 3.63) is 35.9 Å². The summed E-state index contributed by atoms with van der Waals surface area (Å²) in [6, 6.07) is 9.10. The topological polar surface area (TPSA) is 17.1 Å². The molecule has 0 spiro atoms. The maximum absolute atomic E-state index is 10.0. The van der Waals surface area contributed by atoms with E-state index in [-0.39, 0.29) is 0 Å². The van der Waals surface area contributed by atoms with Crippen molar-refractivity contribution >= 4 is 6.29 Å². The summed E-state index contributed by atoms with van der Waals surface area (Å²) in [5.41, 5.74) is 0.729. The zero-order valence-corrected chi connectivity index (χ0v) is 9.79. The van der Waals surface area contributed by atoms with Gasteiger partial charge in [0.15, 0.2) is 0 Å². The molecule has 0 saturated carbocycles. The summed E-state index contributed by atoms with van der Waals surface area (Å²) in [5, 5.41) is 0. The minimum atomic E-state index is 0.729. The predicted molar refractivity (Wildman–Crippen MR) is 63.8 cm³/mol. The van der Waals surface area contributed by atoms with Crippen molar-refractivity contribution < 1.29 is 4.79 Å². The molecule has 1 aromatic rings. The zero-order valence-electron chi connectivity index (χ0n) is 9.79. The first-order valence-electron chi connectivity index (χ1n) is 5.35. The maximum atomic E-state index is 10.0. The number of aldehydes is 1. The molecule has 1 aromatic carbocycles. The van der Waals surface area contributed by atoms with Crippen LogP contribution in [-0.2, 0) is 0 Å². The maximum Gasteiger partial charge on any atom is 0.150 e. The lowest BCUT2D eigenvalue weighted by Crippen LogP contribution is -1.73. The van der Waals surface area contributed by atoms with Gasteiger partial charge < -0.3 is 0 Å². The number of rotatable bonds is 2. The molecule has 0 aliphatic carbocycles. The molecule has 0 heterocycles. The third kappa shape index (κ3) is 10.9. The van der Waals surface area contributed by atoms with E-state index < -0.39 is 0 Å². The van der Waals surface area contributed by atoms with Gasteiger partial charge in [-0.2, -0.15) is 0 Å². The highest BCUT2D eigenvalue weighted by Gasteiger charge is 1.79. The highest BCUT2D eigenvalue weighted by atomic mass is 16.1. The van der Waals surface area contributed by atoms with E-state index >= 15 is 0 Å². The van der Waals surface area contributed by atoms with Gasteiger partial charge >= 0.3 is 0 Å². The van der Waals surface area contributed by atoms with E-state index in [0.29, 0.717) is 0 Å². The first-order chi connectivity index (χ1) is 6.85. The van der Waals surface area contributed by atoms with E-state index in [4.69, 9.17) is 0 Å². The Labute approximate surface area is 88.2 Å². The number of carbonyl (C=O) groups is 1. The van der Waals surface area contributed by atoms with Gasteiger partial charge in [0.25, 0.3) is 0 Å². The standard InChI is InChI=1S/C7H6O.C4H10.C2H6/c8-6-7-4-2-1-3-5-7;1-3-4-2;1-2/h1-6H;3-4H2,1-2H3;1-2H3. The number of carbonyl (C=O) groups excluding carboxylic acids is 1. The Balaban J connectivity index is 0. The van der Waals surface area contributed by atoms with E-state index in [1.807, 2.05) is 32.0 Å². The summed E-state index contributed by atoms with van der Waals surface area (Å²) in [7, 11) is 0. The fraction of sp³-hybridized carbons (Fsp3) is 0.462. The third-order valence-electron chi connectivity index (χ3n) is 1.44. The molecule has 1 nitrogen and oxygen atoms in total. The fourth-order valence-corrected chi connectivity index (χ4v) is 0.532. The number of unbranched alkanes of at least 4 members (excludes halogenated alkanes) is 1. The van der Waals surface area contributed by atoms with Gasteiger partial charge in [0.05, 0.1) is 0 Å². The minimum absolute atomic E-state index is 0.729. The number of benzene rings is 1. The predicted octanol–water partition coefficient (Wildman–Crippen LogP) is 4.33. The molecule has 0 unspecified atom stereocenters. The van der Waals surface area contributed by atoms with Gasteiger partial charge in [-0.05, 0) is 0 Å². The quantitative estimate of drug-likeness (QED) is 0.640. The molecule has 80 valence electrons. The Hall–Kier alpha value is -1.11. The van der Waals surface area contributed by atoms with Crippen molar-refractivity contribution in [2.45, 2.75) is 40.5 Å². The molecule has 0 amide bonds. The number of hydrogen-bond donors (Lipinski definition) is 0. The summed E-state index contributed by atoms with van der Waals surface area (Å²) >= 11 is 0. The molecule has 0 aromatic heterocycles. The summed E-state index contributed by atoms with van der Waals surface area (Å²) in [6.45, 7) is 8.36. The van der Waals surface area contributed by atoms with Crippen LogP contribution in [0.15, 0.2) is 30.3 Å². The largest absolute Gasteiger partial charge is 0.298 e. The smallest absolute Gasteiger partial charge is 0.150 e. The summed E-state index contributed by atoms with van der Waals surface area (Å²) < 4.78 is 0. The second kappa shape index (κ2) is 14.4. The Morgan fingerprint density at radius 3 is 1.64 bits per heavy atom. The first kappa shape index (κ1) is 15.4. The van der Waals surface area contributed by atoms with Gasteiger partial charge in [0.2, 0.25) is 0 Å². The van der Waals surface area contributed by atoms with Crippen LogP contribution < -0.4 is 0 Å². The second-order valence-electron chi connectivity index (χ2n) is 2.53. The molecule has 14 heavy (non-hydrogen) atoms. The van der Waals surface area contributed by atoms with E-state index in [1.54, 1.807) is 12.1 Å². The molecule has 0 fully saturated rings. The molecule has 1 rings (SSSR count). The molecule has 0 bridgehead atoms. The van der Waals surface area contributed by atoms with Gasteiger partial charge in [-0.1, -0.05) is 70.9 Å². The Bertz CT molecular complexity index is 190. The normalized spacial score (nSPS) is 7.43. The molecule has 0 aliphatic rings. The Kier molecular flexibility index (Phi) is 15.8. The highest BCUT2D eigenvalue weighted by molar-refractivity contribution is 5.74. The van der Waals surface area contributed by atoms with E-state index in [1.165, 1.54) is 12.8 Å². The van der Waals surface area contributed by atoms with Crippen LogP contribution in [0, 0.1) is 0 Å². The average molecular weight is 194 g/mol. The van der Waals surface area contributed by atoms with Crippen molar-refractivity contribution in [3.8, 4) is 0 Å². The Morgan fingerprint density at radius 2 is 1.43 bits per heavy atom. The van der Waals surface area contributed by atoms with Crippen molar-refractivity contribution in [3.63, 3.8) is 0 Å². The SMILES string of the molecule is CC.CCCC.O=Cc1ccccc1. The van der Waals surface area contributed by atoms with Crippen LogP contribution in [0.4, 0.5) is 0 Å². The van der Waals surface area contributed by atoms with Crippen LogP contribution in [0.2, 0.25) is 0 Å². The van der Waals surface area contributed by atoms with E-state index in [2.05, 4.69) is 13.8 Å². The monoisotopic (exact) mass is 194 g/mol. The summed E-state index contributed by atoms with van der Waals surface area (Å²) in [4.78, 5) is 10.0. The van der Waals surface area contributed by atoms with Crippen LogP contribution in [-0.4, -0.2) is 6.29 Å². The Morgan fingerprint density at radius 1 is 1.00 bits per heavy atom. The molecular weight excluding hydrogens is 172 g/mol. The lowest BCUT2D eigenvalue weighted by molar-refractivity contribution is 0.112.